The van der Waals surface area contributed by atoms with E-state index in [4.69, 9.17) is 14.2 Å². The van der Waals surface area contributed by atoms with Gasteiger partial charge in [-0.1, -0.05) is 12.1 Å². The van der Waals surface area contributed by atoms with E-state index in [1.165, 1.54) is 0 Å². The van der Waals surface area contributed by atoms with Gasteiger partial charge in [-0.3, -0.25) is 38.8 Å². The Morgan fingerprint density at radius 3 is 1.57 bits per heavy atom. The largest absolute Gasteiger partial charge is 0.491 e. The Bertz CT molecular complexity index is 1030. The molecule has 15 nitrogen and oxygen atoms in total. The maximum atomic E-state index is 12.5. The molecule has 0 saturated carbocycles. The second-order valence-corrected chi connectivity index (χ2v) is 11.1. The second kappa shape index (κ2) is 25.0. The van der Waals surface area contributed by atoms with Gasteiger partial charge >= 0.3 is 23.9 Å². The van der Waals surface area contributed by atoms with Crippen LogP contribution in [0.1, 0.15) is 25.3 Å². The predicted octanol–water partition coefficient (Wildman–Crippen LogP) is 0.370. The zero-order chi connectivity index (χ0) is 33.7. The van der Waals surface area contributed by atoms with Crippen LogP contribution in [-0.2, 0) is 35.1 Å². The van der Waals surface area contributed by atoms with Crippen molar-refractivity contribution in [1.29, 1.82) is 0 Å². The first-order chi connectivity index (χ1) is 22.1. The van der Waals surface area contributed by atoms with E-state index in [2.05, 4.69) is 0 Å². The molecular weight excluding hydrogens is 762 g/mol. The number of aryl methyl sites for hydroxylation is 1. The van der Waals surface area contributed by atoms with E-state index < -0.39 is 29.9 Å². The van der Waals surface area contributed by atoms with Crippen LogP contribution in [0.5, 0.6) is 5.75 Å². The minimum absolute atomic E-state index is 0. The summed E-state index contributed by atoms with van der Waals surface area (Å²) in [6.07, 6.45) is 1.58. The summed E-state index contributed by atoms with van der Waals surface area (Å²) in [6, 6.07) is 6.77. The summed E-state index contributed by atoms with van der Waals surface area (Å²) in [4.78, 5) is 53.7. The van der Waals surface area contributed by atoms with Crippen LogP contribution >= 0.6 is 0 Å². The van der Waals surface area contributed by atoms with Gasteiger partial charge in [0.1, 0.15) is 18.4 Å². The van der Waals surface area contributed by atoms with Crippen LogP contribution < -0.4 is 4.74 Å². The predicted molar refractivity (Wildman–Crippen MR) is 167 cm³/mol. The first-order valence-electron chi connectivity index (χ1n) is 15.7. The van der Waals surface area contributed by atoms with Crippen LogP contribution in [-0.4, -0.2) is 175 Å². The SMILES string of the molecule is CCOCCOCCOc1ccc(CCC[C@@H](C(=O)O)N2CCN(CC(=O)O)CCN(CC(=O)O)CCN(CC(=O)O)CC2)cc1.[Gd]. The van der Waals surface area contributed by atoms with Gasteiger partial charge in [-0.05, 0) is 43.9 Å². The summed E-state index contributed by atoms with van der Waals surface area (Å²) in [7, 11) is 0. The van der Waals surface area contributed by atoms with E-state index in [0.717, 1.165) is 5.56 Å². The van der Waals surface area contributed by atoms with Gasteiger partial charge in [-0.2, -0.15) is 0 Å². The van der Waals surface area contributed by atoms with Crippen molar-refractivity contribution in [1.82, 2.24) is 19.6 Å². The third-order valence-corrected chi connectivity index (χ3v) is 7.61. The number of nitrogens with zero attached hydrogens (tertiary/aromatic N) is 4. The Labute approximate surface area is 308 Å². The molecule has 0 amide bonds. The average Bonchev–Trinajstić information content (AvgIpc) is 2.99. The van der Waals surface area contributed by atoms with Gasteiger partial charge in [0.25, 0.3) is 0 Å². The minimum Gasteiger partial charge on any atom is -0.491 e. The molecule has 1 heterocycles. The monoisotopic (exact) mass is 812 g/mol. The van der Waals surface area contributed by atoms with Crippen LogP contribution in [0, 0.1) is 39.9 Å². The van der Waals surface area contributed by atoms with E-state index in [-0.39, 0.29) is 112 Å². The number of rotatable bonds is 20. The molecule has 0 aliphatic carbocycles. The van der Waals surface area contributed by atoms with Gasteiger partial charge < -0.3 is 34.6 Å². The average molecular weight is 812 g/mol. The standard InChI is InChI=1S/C31H50N4O11.Gd/c1-2-44-18-19-45-20-21-46-26-8-6-25(7-9-26)4-3-5-27(31(42)43)35-16-14-33(23-29(38)39)12-10-32(22-28(36)37)11-13-34(15-17-35)24-30(40)41;/h6-9,27H,2-5,10-24H2,1H3,(H,36,37)(H,38,39)(H,40,41)(H,42,43);/t27-;/m0./s1. The molecule has 1 aliphatic heterocycles. The number of hydrogen-bond acceptors (Lipinski definition) is 11. The quantitative estimate of drug-likeness (QED) is 0.132. The van der Waals surface area contributed by atoms with E-state index in [1.54, 1.807) is 19.6 Å². The van der Waals surface area contributed by atoms with Gasteiger partial charge in [-0.25, -0.2) is 0 Å². The number of benzene rings is 1. The first-order valence-corrected chi connectivity index (χ1v) is 15.7. The van der Waals surface area contributed by atoms with Crippen LogP contribution in [0.25, 0.3) is 0 Å². The molecular formula is C31H50GdN4O11. The zero-order valence-electron chi connectivity index (χ0n) is 27.1. The summed E-state index contributed by atoms with van der Waals surface area (Å²) < 4.78 is 16.4. The molecule has 0 bridgehead atoms. The van der Waals surface area contributed by atoms with Crippen molar-refractivity contribution in [2.45, 2.75) is 32.2 Å². The Morgan fingerprint density at radius 1 is 0.681 bits per heavy atom. The van der Waals surface area contributed by atoms with Crippen molar-refractivity contribution in [2.75, 3.05) is 105 Å². The molecule has 1 aromatic carbocycles. The van der Waals surface area contributed by atoms with Gasteiger partial charge in [0, 0.05) is 98.9 Å². The molecule has 1 fully saturated rings. The normalized spacial score (nSPS) is 16.7. The summed E-state index contributed by atoms with van der Waals surface area (Å²) in [5.41, 5.74) is 1.03. The van der Waals surface area contributed by atoms with Gasteiger partial charge in [0.15, 0.2) is 0 Å². The molecule has 1 aromatic rings. The van der Waals surface area contributed by atoms with Crippen molar-refractivity contribution >= 4 is 23.9 Å². The summed E-state index contributed by atoms with van der Waals surface area (Å²) in [5, 5.41) is 38.4. The van der Waals surface area contributed by atoms with Crippen molar-refractivity contribution in [3.63, 3.8) is 0 Å². The van der Waals surface area contributed by atoms with E-state index >= 15 is 0 Å². The summed E-state index contributed by atoms with van der Waals surface area (Å²) in [6.45, 7) is 5.83. The molecule has 2 rings (SSSR count). The topological polar surface area (TPSA) is 190 Å². The number of carbonyl (C=O) groups is 4. The molecule has 0 spiro atoms. The Kier molecular flexibility index (Phi) is 22.9. The molecule has 0 aromatic heterocycles. The number of ether oxygens (including phenoxy) is 3. The van der Waals surface area contributed by atoms with Crippen molar-refractivity contribution in [2.24, 2.45) is 0 Å². The Morgan fingerprint density at radius 2 is 1.13 bits per heavy atom. The maximum absolute atomic E-state index is 12.5. The molecule has 16 heteroatoms. The minimum atomic E-state index is -1.03. The van der Waals surface area contributed by atoms with E-state index in [9.17, 15) is 39.6 Å². The summed E-state index contributed by atoms with van der Waals surface area (Å²) >= 11 is 0. The number of carboxylic acids is 4. The van der Waals surface area contributed by atoms with Crippen LogP contribution in [0.15, 0.2) is 24.3 Å². The zero-order valence-corrected chi connectivity index (χ0v) is 29.4. The Balaban J connectivity index is 0.0000110. The van der Waals surface area contributed by atoms with Gasteiger partial charge in [0.05, 0.1) is 39.5 Å². The van der Waals surface area contributed by atoms with Crippen molar-refractivity contribution < 1.29 is 93.8 Å². The molecule has 1 aliphatic rings. The number of aliphatic carboxylic acids is 4. The Hall–Kier alpha value is -2.02. The number of hydrogen-bond donors (Lipinski definition) is 4. The van der Waals surface area contributed by atoms with Crippen molar-refractivity contribution in [3.8, 4) is 5.75 Å². The molecule has 47 heavy (non-hydrogen) atoms. The van der Waals surface area contributed by atoms with Crippen LogP contribution in [0.4, 0.5) is 0 Å². The molecule has 268 valence electrons. The fraction of sp³-hybridized carbons (Fsp3) is 0.677. The van der Waals surface area contributed by atoms with E-state index in [0.29, 0.717) is 58.0 Å². The van der Waals surface area contributed by atoms with E-state index in [1.807, 2.05) is 31.2 Å². The fourth-order valence-electron chi connectivity index (χ4n) is 5.21. The molecule has 0 radical (unpaired) electrons. The maximum Gasteiger partial charge on any atom is 0.320 e. The van der Waals surface area contributed by atoms with Gasteiger partial charge in [0.2, 0.25) is 0 Å². The van der Waals surface area contributed by atoms with Crippen LogP contribution in [0.3, 0.4) is 0 Å². The smallest absolute Gasteiger partial charge is 0.320 e. The molecule has 1 atom stereocenters. The molecule has 1 saturated heterocycles. The first kappa shape index (κ1) is 43.0. The van der Waals surface area contributed by atoms with Crippen LogP contribution in [0.2, 0.25) is 0 Å². The third kappa shape index (κ3) is 19.5. The summed E-state index contributed by atoms with van der Waals surface area (Å²) in [5.74, 6) is -3.39. The molecule has 4 N–H and O–H groups in total. The number of carboxylic acid groups (broad SMARTS) is 4. The van der Waals surface area contributed by atoms with Crippen molar-refractivity contribution in [3.05, 3.63) is 29.8 Å². The van der Waals surface area contributed by atoms with Gasteiger partial charge in [-0.15, -0.1) is 0 Å². The third-order valence-electron chi connectivity index (χ3n) is 7.61. The fourth-order valence-corrected chi connectivity index (χ4v) is 5.21. The molecule has 0 unspecified atom stereocenters. The second-order valence-electron chi connectivity index (χ2n) is 11.1.